The molecule has 2 N–H and O–H groups in total. The van der Waals surface area contributed by atoms with E-state index in [4.69, 9.17) is 15.2 Å². The van der Waals surface area contributed by atoms with Gasteiger partial charge in [-0.25, -0.2) is 9.97 Å². The van der Waals surface area contributed by atoms with Crippen LogP contribution in [0.3, 0.4) is 0 Å². The summed E-state index contributed by atoms with van der Waals surface area (Å²) in [5, 5.41) is 0.719. The van der Waals surface area contributed by atoms with Crippen molar-refractivity contribution in [2.75, 3.05) is 72.8 Å². The van der Waals surface area contributed by atoms with Crippen LogP contribution in [0.5, 0.6) is 11.5 Å². The van der Waals surface area contributed by atoms with Crippen LogP contribution in [-0.4, -0.2) is 102 Å². The van der Waals surface area contributed by atoms with Crippen molar-refractivity contribution in [3.63, 3.8) is 0 Å². The fraction of sp³-hybridized carbons (Fsp3) is 0.414. The lowest BCUT2D eigenvalue weighted by molar-refractivity contribution is -0.125. The Bertz CT molecular complexity index is 1410. The van der Waals surface area contributed by atoms with Crippen molar-refractivity contribution in [2.24, 2.45) is 0 Å². The fourth-order valence-corrected chi connectivity index (χ4v) is 5.11. The van der Waals surface area contributed by atoms with Crippen LogP contribution >= 0.6 is 0 Å². The highest BCUT2D eigenvalue weighted by Gasteiger charge is 2.28. The maximum atomic E-state index is 12.9. The molecule has 10 heteroatoms. The minimum Gasteiger partial charge on any atom is -0.497 e. The number of carbonyl (C=O) groups is 1. The van der Waals surface area contributed by atoms with Crippen molar-refractivity contribution in [1.29, 1.82) is 0 Å². The summed E-state index contributed by atoms with van der Waals surface area (Å²) < 4.78 is 12.8. The highest BCUT2D eigenvalue weighted by Crippen LogP contribution is 2.31. The standard InChI is InChI=1S/C29H35N7O3/c1-33-11-13-34(14-12-33)9-4-5-26(37)35-10-8-23(19-35)36-18-22(27-28(30)31-20-32-29(27)36)7-6-21-15-24(38-2)17-25(16-21)39-3/h4-5,15-18,20,23H,8-14,19H2,1-3H3,(H2,30,31,32)/t23-/m0/s1. The second-order valence-corrected chi connectivity index (χ2v) is 9.99. The Morgan fingerprint density at radius 3 is 2.54 bits per heavy atom. The first-order chi connectivity index (χ1) is 18.9. The van der Waals surface area contributed by atoms with Crippen LogP contribution in [0.25, 0.3) is 11.0 Å². The van der Waals surface area contributed by atoms with Gasteiger partial charge in [0.1, 0.15) is 29.3 Å². The van der Waals surface area contributed by atoms with E-state index in [-0.39, 0.29) is 11.9 Å². The van der Waals surface area contributed by atoms with Crippen LogP contribution in [-0.2, 0) is 4.79 Å². The summed E-state index contributed by atoms with van der Waals surface area (Å²) in [5.74, 6) is 8.20. The van der Waals surface area contributed by atoms with Crippen molar-refractivity contribution in [3.8, 4) is 23.3 Å². The molecule has 0 unspecified atom stereocenters. The molecule has 0 bridgehead atoms. The Labute approximate surface area is 229 Å². The molecule has 0 spiro atoms. The van der Waals surface area contributed by atoms with Gasteiger partial charge in [0.05, 0.1) is 31.2 Å². The molecule has 2 aliphatic rings. The van der Waals surface area contributed by atoms with Gasteiger partial charge in [0.15, 0.2) is 0 Å². The molecule has 3 aromatic rings. The lowest BCUT2D eigenvalue weighted by Gasteiger charge is -2.31. The molecule has 1 aromatic carbocycles. The number of piperazine rings is 1. The molecule has 2 aromatic heterocycles. The Morgan fingerprint density at radius 1 is 1.08 bits per heavy atom. The number of aromatic nitrogens is 3. The first kappa shape index (κ1) is 26.5. The average Bonchev–Trinajstić information content (AvgIpc) is 3.59. The Hall–Kier alpha value is -4.07. The average molecular weight is 530 g/mol. The molecule has 1 atom stereocenters. The van der Waals surface area contributed by atoms with E-state index < -0.39 is 0 Å². The molecule has 5 rings (SSSR count). The number of likely N-dealkylation sites (N-methyl/N-ethyl adjacent to an activating group) is 1. The summed E-state index contributed by atoms with van der Waals surface area (Å²) in [6, 6.07) is 5.58. The first-order valence-corrected chi connectivity index (χ1v) is 13.2. The van der Waals surface area contributed by atoms with Crippen molar-refractivity contribution >= 4 is 22.8 Å². The van der Waals surface area contributed by atoms with Crippen molar-refractivity contribution in [3.05, 3.63) is 54.0 Å². The lowest BCUT2D eigenvalue weighted by Crippen LogP contribution is -2.44. The number of anilines is 1. The quantitative estimate of drug-likeness (QED) is 0.382. The second-order valence-electron chi connectivity index (χ2n) is 9.99. The molecule has 0 aliphatic carbocycles. The summed E-state index contributed by atoms with van der Waals surface area (Å²) in [6.45, 7) is 6.28. The third-order valence-corrected chi connectivity index (χ3v) is 7.42. The zero-order valence-electron chi connectivity index (χ0n) is 22.8. The molecule has 0 saturated carbocycles. The van der Waals surface area contributed by atoms with Gasteiger partial charge in [-0.2, -0.15) is 0 Å². The number of amides is 1. The molecular weight excluding hydrogens is 494 g/mol. The van der Waals surface area contributed by atoms with Crippen molar-refractivity contribution in [2.45, 2.75) is 12.5 Å². The molecule has 2 fully saturated rings. The third-order valence-electron chi connectivity index (χ3n) is 7.42. The number of hydrogen-bond donors (Lipinski definition) is 1. The highest BCUT2D eigenvalue weighted by molar-refractivity contribution is 5.92. The Balaban J connectivity index is 1.33. The summed E-state index contributed by atoms with van der Waals surface area (Å²) in [4.78, 5) is 28.2. The van der Waals surface area contributed by atoms with Gasteiger partial charge in [0, 0.05) is 69.7 Å². The predicted molar refractivity (Wildman–Crippen MR) is 151 cm³/mol. The molecule has 0 radical (unpaired) electrons. The maximum Gasteiger partial charge on any atom is 0.246 e. The smallest absolute Gasteiger partial charge is 0.246 e. The molecule has 39 heavy (non-hydrogen) atoms. The van der Waals surface area contributed by atoms with E-state index in [0.29, 0.717) is 30.4 Å². The van der Waals surface area contributed by atoms with Gasteiger partial charge < -0.3 is 29.6 Å². The van der Waals surface area contributed by atoms with Gasteiger partial charge in [-0.15, -0.1) is 0 Å². The normalized spacial score (nSPS) is 18.4. The van der Waals surface area contributed by atoms with Crippen molar-refractivity contribution in [1.82, 2.24) is 29.2 Å². The van der Waals surface area contributed by atoms with Crippen LogP contribution in [0.4, 0.5) is 5.82 Å². The van der Waals surface area contributed by atoms with E-state index in [9.17, 15) is 4.79 Å². The van der Waals surface area contributed by atoms with E-state index in [1.54, 1.807) is 26.4 Å². The zero-order chi connectivity index (χ0) is 27.4. The number of nitrogens with two attached hydrogens (primary N) is 1. The fourth-order valence-electron chi connectivity index (χ4n) is 5.11. The molecular formula is C29H35N7O3. The summed E-state index contributed by atoms with van der Waals surface area (Å²) >= 11 is 0. The maximum absolute atomic E-state index is 12.9. The molecule has 1 amide bonds. The van der Waals surface area contributed by atoms with Gasteiger partial charge in [-0.05, 0) is 25.6 Å². The largest absolute Gasteiger partial charge is 0.497 e. The second kappa shape index (κ2) is 11.8. The number of rotatable bonds is 6. The van der Waals surface area contributed by atoms with E-state index >= 15 is 0 Å². The zero-order valence-corrected chi connectivity index (χ0v) is 22.8. The lowest BCUT2D eigenvalue weighted by atomic mass is 10.1. The van der Waals surface area contributed by atoms with Crippen LogP contribution in [0.1, 0.15) is 23.6 Å². The van der Waals surface area contributed by atoms with Gasteiger partial charge in [-0.1, -0.05) is 17.9 Å². The minimum atomic E-state index is 0.0456. The summed E-state index contributed by atoms with van der Waals surface area (Å²) in [6.07, 6.45) is 7.97. The summed E-state index contributed by atoms with van der Waals surface area (Å²) in [5.41, 5.74) is 8.49. The number of ether oxygens (including phenoxy) is 2. The predicted octanol–water partition coefficient (Wildman–Crippen LogP) is 2.01. The molecule has 204 valence electrons. The molecule has 4 heterocycles. The topological polar surface area (TPSA) is 102 Å². The van der Waals surface area contributed by atoms with E-state index in [1.807, 2.05) is 29.3 Å². The minimum absolute atomic E-state index is 0.0456. The van der Waals surface area contributed by atoms with Crippen LogP contribution < -0.4 is 15.2 Å². The van der Waals surface area contributed by atoms with Gasteiger partial charge in [0.25, 0.3) is 0 Å². The van der Waals surface area contributed by atoms with Crippen LogP contribution in [0.15, 0.2) is 42.9 Å². The number of likely N-dealkylation sites (tertiary alicyclic amines) is 1. The number of methoxy groups -OCH3 is 2. The number of benzene rings is 1. The number of nitrogen functional groups attached to an aromatic ring is 1. The van der Waals surface area contributed by atoms with E-state index in [1.165, 1.54) is 6.33 Å². The number of fused-ring (bicyclic) bond motifs is 1. The molecule has 2 saturated heterocycles. The van der Waals surface area contributed by atoms with Crippen LogP contribution in [0.2, 0.25) is 0 Å². The first-order valence-electron chi connectivity index (χ1n) is 13.2. The van der Waals surface area contributed by atoms with E-state index in [2.05, 4.69) is 43.2 Å². The summed E-state index contributed by atoms with van der Waals surface area (Å²) in [7, 11) is 5.36. The van der Waals surface area contributed by atoms with Crippen molar-refractivity contribution < 1.29 is 14.3 Å². The number of hydrogen-bond acceptors (Lipinski definition) is 8. The molecule has 2 aliphatic heterocycles. The Morgan fingerprint density at radius 2 is 1.82 bits per heavy atom. The third kappa shape index (κ3) is 6.00. The molecule has 10 nitrogen and oxygen atoms in total. The van der Waals surface area contributed by atoms with Gasteiger partial charge >= 0.3 is 0 Å². The Kier molecular flexibility index (Phi) is 8.00. The van der Waals surface area contributed by atoms with E-state index in [0.717, 1.165) is 61.3 Å². The highest BCUT2D eigenvalue weighted by atomic mass is 16.5. The SMILES string of the molecule is COc1cc(C#Cc2cn([C@H]3CCN(C(=O)C=CCN4CCN(C)CC4)C3)c3ncnc(N)c23)cc(OC)c1. The number of nitrogens with zero attached hydrogens (tertiary/aromatic N) is 6. The number of carbonyl (C=O) groups excluding carboxylic acids is 1. The van der Waals surface area contributed by atoms with Gasteiger partial charge in [-0.3, -0.25) is 9.69 Å². The van der Waals surface area contributed by atoms with Crippen LogP contribution in [0, 0.1) is 11.8 Å². The monoisotopic (exact) mass is 529 g/mol. The van der Waals surface area contributed by atoms with Gasteiger partial charge in [0.2, 0.25) is 5.91 Å².